The highest BCUT2D eigenvalue weighted by Crippen LogP contribution is 2.00. The van der Waals surface area contributed by atoms with E-state index in [0.717, 1.165) is 15.3 Å². The number of nitro groups is 1. The summed E-state index contributed by atoms with van der Waals surface area (Å²) in [4.78, 5) is 44.1. The smallest absolute Gasteiger partial charge is 0.297 e. The van der Waals surface area contributed by atoms with Gasteiger partial charge in [0.2, 0.25) is 5.91 Å². The number of rotatable bonds is 5. The lowest BCUT2D eigenvalue weighted by molar-refractivity contribution is -0.387. The fraction of sp³-hybridized carbons (Fsp3) is 0.444. The van der Waals surface area contributed by atoms with E-state index in [1.165, 1.54) is 7.05 Å². The Hall–Kier alpha value is -2.49. The van der Waals surface area contributed by atoms with E-state index < -0.39 is 27.8 Å². The number of nitrogens with two attached hydrogens (primary N) is 1. The van der Waals surface area contributed by atoms with Crippen molar-refractivity contribution in [2.24, 2.45) is 12.9 Å². The van der Waals surface area contributed by atoms with Gasteiger partial charge >= 0.3 is 16.9 Å². The zero-order chi connectivity index (χ0) is 14.6. The van der Waals surface area contributed by atoms with Crippen LogP contribution in [0.25, 0.3) is 0 Å². The number of nitrogens with zero attached hydrogens (tertiary/aromatic N) is 3. The molecule has 0 aliphatic carbocycles. The van der Waals surface area contributed by atoms with Crippen LogP contribution in [0.1, 0.15) is 12.8 Å². The molecule has 0 atom stereocenters. The van der Waals surface area contributed by atoms with Crippen molar-refractivity contribution in [2.75, 3.05) is 0 Å². The van der Waals surface area contributed by atoms with Gasteiger partial charge in [-0.3, -0.25) is 34.3 Å². The summed E-state index contributed by atoms with van der Waals surface area (Å²) in [6.07, 6.45) is 1.04. The molecular weight excluding hydrogens is 258 g/mol. The van der Waals surface area contributed by atoms with Crippen molar-refractivity contribution in [1.82, 2.24) is 14.6 Å². The third-order valence-electron chi connectivity index (χ3n) is 2.46. The second-order valence-electron chi connectivity index (χ2n) is 3.79. The first-order chi connectivity index (χ1) is 8.88. The number of hydrogen-bond donors (Lipinski definition) is 2. The van der Waals surface area contributed by atoms with Crippen LogP contribution in [-0.4, -0.2) is 20.0 Å². The normalized spacial score (nSPS) is 10.2. The second kappa shape index (κ2) is 5.91. The Balaban J connectivity index is 3.06. The maximum atomic E-state index is 11.7. The van der Waals surface area contributed by atoms with Crippen molar-refractivity contribution in [1.29, 1.82) is 0 Å². The summed E-state index contributed by atoms with van der Waals surface area (Å²) >= 11 is 0. The van der Waals surface area contributed by atoms with E-state index >= 15 is 0 Å². The van der Waals surface area contributed by atoms with Crippen LogP contribution in [0.4, 0.5) is 5.69 Å². The highest BCUT2D eigenvalue weighted by atomic mass is 16.6. The van der Waals surface area contributed by atoms with Gasteiger partial charge in [0.1, 0.15) is 0 Å². The van der Waals surface area contributed by atoms with Gasteiger partial charge in [0, 0.05) is 20.0 Å². The molecule has 104 valence electrons. The molecule has 1 amide bonds. The molecule has 1 rings (SSSR count). The van der Waals surface area contributed by atoms with E-state index in [0.29, 0.717) is 0 Å². The number of aryl methyl sites for hydroxylation is 1. The van der Waals surface area contributed by atoms with E-state index in [4.69, 9.17) is 5.84 Å². The Morgan fingerprint density at radius 1 is 1.53 bits per heavy atom. The van der Waals surface area contributed by atoms with E-state index in [1.807, 2.05) is 5.43 Å². The molecule has 0 bridgehead atoms. The molecule has 0 spiro atoms. The zero-order valence-corrected chi connectivity index (χ0v) is 10.2. The van der Waals surface area contributed by atoms with E-state index in [9.17, 15) is 24.5 Å². The molecule has 10 heteroatoms. The van der Waals surface area contributed by atoms with Gasteiger partial charge in [-0.05, 0) is 6.42 Å². The molecule has 0 saturated carbocycles. The average molecular weight is 271 g/mol. The van der Waals surface area contributed by atoms with Gasteiger partial charge in [0.25, 0.3) is 0 Å². The number of amides is 1. The summed E-state index contributed by atoms with van der Waals surface area (Å²) in [7, 11) is 1.30. The highest BCUT2D eigenvalue weighted by molar-refractivity contribution is 5.75. The standard InChI is InChI=1S/C9H13N5O5/c1-12-5-6(14(18)19)8(16)13(9(12)17)4-2-3-7(15)11-10/h5H,2-4,10H2,1H3,(H,11,15). The molecule has 0 aliphatic rings. The molecule has 1 aromatic rings. The molecule has 0 saturated heterocycles. The Kier molecular flexibility index (Phi) is 4.53. The van der Waals surface area contributed by atoms with Gasteiger partial charge in [0.05, 0.1) is 11.1 Å². The minimum atomic E-state index is -0.985. The number of carbonyl (C=O) groups excluding carboxylic acids is 1. The van der Waals surface area contributed by atoms with Gasteiger partial charge < -0.3 is 0 Å². The van der Waals surface area contributed by atoms with Crippen LogP contribution in [0.15, 0.2) is 15.8 Å². The fourth-order valence-corrected chi connectivity index (χ4v) is 1.50. The van der Waals surface area contributed by atoms with Gasteiger partial charge in [-0.15, -0.1) is 0 Å². The van der Waals surface area contributed by atoms with Crippen molar-refractivity contribution < 1.29 is 9.72 Å². The molecule has 1 aromatic heterocycles. The molecule has 0 unspecified atom stereocenters. The Morgan fingerprint density at radius 2 is 2.16 bits per heavy atom. The molecule has 0 aliphatic heterocycles. The van der Waals surface area contributed by atoms with Crippen LogP contribution in [-0.2, 0) is 18.4 Å². The Morgan fingerprint density at radius 3 is 2.68 bits per heavy atom. The summed E-state index contributed by atoms with van der Waals surface area (Å²) in [6, 6.07) is 0. The molecule has 1 heterocycles. The third-order valence-corrected chi connectivity index (χ3v) is 2.46. The minimum Gasteiger partial charge on any atom is -0.297 e. The molecular formula is C9H13N5O5. The first kappa shape index (κ1) is 14.6. The number of hydrogen-bond acceptors (Lipinski definition) is 6. The van der Waals surface area contributed by atoms with Crippen LogP contribution >= 0.6 is 0 Å². The molecule has 3 N–H and O–H groups in total. The lowest BCUT2D eigenvalue weighted by Crippen LogP contribution is -2.40. The SMILES string of the molecule is Cn1cc([N+](=O)[O-])c(=O)n(CCCC(=O)NN)c1=O. The number of hydrazine groups is 1. The highest BCUT2D eigenvalue weighted by Gasteiger charge is 2.18. The molecule has 0 radical (unpaired) electrons. The number of nitrogens with one attached hydrogen (secondary N) is 1. The minimum absolute atomic E-state index is 0.00872. The summed E-state index contributed by atoms with van der Waals surface area (Å²) < 4.78 is 1.67. The number of carbonyl (C=O) groups is 1. The molecule has 0 aromatic carbocycles. The van der Waals surface area contributed by atoms with Crippen molar-refractivity contribution in [3.63, 3.8) is 0 Å². The van der Waals surface area contributed by atoms with Gasteiger partial charge in [0.15, 0.2) is 0 Å². The maximum absolute atomic E-state index is 11.7. The second-order valence-corrected chi connectivity index (χ2v) is 3.79. The van der Waals surface area contributed by atoms with Crippen LogP contribution in [0.3, 0.4) is 0 Å². The average Bonchev–Trinajstić information content (AvgIpc) is 2.37. The van der Waals surface area contributed by atoms with Crippen LogP contribution in [0.2, 0.25) is 0 Å². The molecule has 0 fully saturated rings. The summed E-state index contributed by atoms with van der Waals surface area (Å²) in [6.45, 7) is -0.0966. The van der Waals surface area contributed by atoms with E-state index in [1.54, 1.807) is 0 Å². The van der Waals surface area contributed by atoms with Gasteiger partial charge in [-0.25, -0.2) is 10.6 Å². The first-order valence-electron chi connectivity index (χ1n) is 5.32. The van der Waals surface area contributed by atoms with Crippen LogP contribution in [0, 0.1) is 10.1 Å². The van der Waals surface area contributed by atoms with Crippen LogP contribution < -0.4 is 22.5 Å². The summed E-state index contributed by atoms with van der Waals surface area (Å²) in [5.74, 6) is 4.43. The topological polar surface area (TPSA) is 142 Å². The van der Waals surface area contributed by atoms with Crippen molar-refractivity contribution in [3.8, 4) is 0 Å². The zero-order valence-electron chi connectivity index (χ0n) is 10.2. The van der Waals surface area contributed by atoms with Crippen molar-refractivity contribution in [3.05, 3.63) is 37.1 Å². The maximum Gasteiger partial charge on any atom is 0.350 e. The fourth-order valence-electron chi connectivity index (χ4n) is 1.50. The first-order valence-corrected chi connectivity index (χ1v) is 5.32. The predicted molar refractivity (Wildman–Crippen MR) is 64.2 cm³/mol. The Bertz CT molecular complexity index is 616. The number of aromatic nitrogens is 2. The quantitative estimate of drug-likeness (QED) is 0.280. The summed E-state index contributed by atoms with van der Waals surface area (Å²) in [5, 5.41) is 10.7. The largest absolute Gasteiger partial charge is 0.350 e. The lowest BCUT2D eigenvalue weighted by Gasteiger charge is -2.06. The third kappa shape index (κ3) is 3.25. The summed E-state index contributed by atoms with van der Waals surface area (Å²) in [5.41, 5.74) is -0.448. The predicted octanol–water partition coefficient (Wildman–Crippen LogP) is -1.77. The van der Waals surface area contributed by atoms with E-state index in [2.05, 4.69) is 0 Å². The van der Waals surface area contributed by atoms with Gasteiger partial charge in [-0.2, -0.15) is 0 Å². The van der Waals surface area contributed by atoms with Crippen LogP contribution in [0.5, 0.6) is 0 Å². The molecule has 19 heavy (non-hydrogen) atoms. The molecule has 10 nitrogen and oxygen atoms in total. The van der Waals surface area contributed by atoms with Gasteiger partial charge in [-0.1, -0.05) is 0 Å². The lowest BCUT2D eigenvalue weighted by atomic mass is 10.3. The monoisotopic (exact) mass is 271 g/mol. The van der Waals surface area contributed by atoms with E-state index in [-0.39, 0.29) is 19.4 Å². The van der Waals surface area contributed by atoms with Crippen molar-refractivity contribution in [2.45, 2.75) is 19.4 Å². The van der Waals surface area contributed by atoms with Crippen molar-refractivity contribution >= 4 is 11.6 Å². The Labute approximate surface area is 106 Å².